The van der Waals surface area contributed by atoms with Crippen molar-refractivity contribution in [1.29, 1.82) is 0 Å². The van der Waals surface area contributed by atoms with E-state index in [4.69, 9.17) is 21.1 Å². The molecule has 33 heavy (non-hydrogen) atoms. The summed E-state index contributed by atoms with van der Waals surface area (Å²) in [6.07, 6.45) is 0. The topological polar surface area (TPSA) is 52.6 Å². The van der Waals surface area contributed by atoms with Crippen LogP contribution in [0.1, 0.15) is 31.8 Å². The van der Waals surface area contributed by atoms with Gasteiger partial charge >= 0.3 is 11.9 Å². The highest BCUT2D eigenvalue weighted by Crippen LogP contribution is 2.34. The number of hydrogen-bond donors (Lipinski definition) is 0. The molecule has 5 heteroatoms. The first kappa shape index (κ1) is 22.1. The van der Waals surface area contributed by atoms with E-state index in [2.05, 4.69) is 0 Å². The summed E-state index contributed by atoms with van der Waals surface area (Å²) < 4.78 is 11.7. The number of carbonyl (C=O) groups is 2. The lowest BCUT2D eigenvalue weighted by Crippen LogP contribution is -2.11. The van der Waals surface area contributed by atoms with Crippen molar-refractivity contribution in [2.24, 2.45) is 0 Å². The molecule has 0 amide bonds. The maximum absolute atomic E-state index is 13.0. The van der Waals surface area contributed by atoms with Crippen LogP contribution in [-0.2, 0) is 9.47 Å². The molecular formula is C28H19ClO4. The lowest BCUT2D eigenvalue weighted by molar-refractivity contribution is 0.0647. The second-order valence-electron chi connectivity index (χ2n) is 7.02. The highest BCUT2D eigenvalue weighted by molar-refractivity contribution is 6.32. The Kier molecular flexibility index (Phi) is 6.98. The highest BCUT2D eigenvalue weighted by Gasteiger charge is 2.24. The first-order valence-corrected chi connectivity index (χ1v) is 10.6. The van der Waals surface area contributed by atoms with Gasteiger partial charge in [0.15, 0.2) is 11.5 Å². The van der Waals surface area contributed by atoms with Gasteiger partial charge in [0.1, 0.15) is 0 Å². The van der Waals surface area contributed by atoms with Crippen LogP contribution in [0.5, 0.6) is 0 Å². The van der Waals surface area contributed by atoms with Gasteiger partial charge in [0.2, 0.25) is 0 Å². The molecule has 0 unspecified atom stereocenters. The summed E-state index contributed by atoms with van der Waals surface area (Å²) in [5.41, 5.74) is 1.68. The second-order valence-corrected chi connectivity index (χ2v) is 7.42. The third kappa shape index (κ3) is 5.37. The van der Waals surface area contributed by atoms with Crippen molar-refractivity contribution in [1.82, 2.24) is 0 Å². The number of benzene rings is 4. The van der Waals surface area contributed by atoms with Gasteiger partial charge in [0, 0.05) is 11.1 Å². The van der Waals surface area contributed by atoms with Crippen molar-refractivity contribution in [3.05, 3.63) is 143 Å². The minimum Gasteiger partial charge on any atom is -0.418 e. The standard InChI is InChI=1S/C28H19ClO4/c29-24-19-11-10-18-23(24)26(33-28(31)22-16-8-3-9-17-22)25(20-12-4-1-5-13-20)32-27(30)21-14-6-2-7-15-21/h1-19H. The Morgan fingerprint density at radius 3 is 1.36 bits per heavy atom. The molecule has 0 N–H and O–H groups in total. The summed E-state index contributed by atoms with van der Waals surface area (Å²) >= 11 is 6.47. The summed E-state index contributed by atoms with van der Waals surface area (Å²) in [7, 11) is 0. The molecule has 0 saturated heterocycles. The Hall–Kier alpha value is -4.15. The monoisotopic (exact) mass is 454 g/mol. The first-order chi connectivity index (χ1) is 16.1. The van der Waals surface area contributed by atoms with E-state index >= 15 is 0 Å². The van der Waals surface area contributed by atoms with E-state index in [1.165, 1.54) is 0 Å². The van der Waals surface area contributed by atoms with Crippen molar-refractivity contribution >= 4 is 35.1 Å². The van der Waals surface area contributed by atoms with Gasteiger partial charge in [-0.2, -0.15) is 0 Å². The fraction of sp³-hybridized carbons (Fsp3) is 0. The number of ether oxygens (including phenoxy) is 2. The lowest BCUT2D eigenvalue weighted by atomic mass is 10.1. The van der Waals surface area contributed by atoms with Gasteiger partial charge in [0.05, 0.1) is 16.1 Å². The maximum atomic E-state index is 13.0. The zero-order valence-corrected chi connectivity index (χ0v) is 18.2. The molecule has 0 spiro atoms. The third-order valence-electron chi connectivity index (χ3n) is 4.77. The lowest BCUT2D eigenvalue weighted by Gasteiger charge is -2.17. The molecular weight excluding hydrogens is 436 g/mol. The zero-order valence-electron chi connectivity index (χ0n) is 17.5. The van der Waals surface area contributed by atoms with Crippen LogP contribution in [-0.4, -0.2) is 11.9 Å². The van der Waals surface area contributed by atoms with Gasteiger partial charge in [0.25, 0.3) is 0 Å². The van der Waals surface area contributed by atoms with Gasteiger partial charge in [-0.15, -0.1) is 0 Å². The van der Waals surface area contributed by atoms with Crippen LogP contribution in [0.3, 0.4) is 0 Å². The molecule has 4 nitrogen and oxygen atoms in total. The minimum atomic E-state index is -0.602. The Morgan fingerprint density at radius 2 is 0.879 bits per heavy atom. The molecule has 0 aliphatic carbocycles. The fourth-order valence-corrected chi connectivity index (χ4v) is 3.37. The van der Waals surface area contributed by atoms with Crippen LogP contribution in [0.4, 0.5) is 0 Å². The first-order valence-electron chi connectivity index (χ1n) is 10.2. The SMILES string of the molecule is O=C(OC(=C(OC(=O)c1ccccc1)c1ccccc1Cl)c1ccccc1)c1ccccc1. The zero-order chi connectivity index (χ0) is 23.0. The normalized spacial score (nSPS) is 11.3. The third-order valence-corrected chi connectivity index (χ3v) is 5.10. The molecule has 4 aromatic carbocycles. The number of halogens is 1. The van der Waals surface area contributed by atoms with Crippen molar-refractivity contribution in [2.45, 2.75) is 0 Å². The van der Waals surface area contributed by atoms with Gasteiger partial charge in [-0.1, -0.05) is 90.5 Å². The summed E-state index contributed by atoms with van der Waals surface area (Å²) in [6.45, 7) is 0. The van der Waals surface area contributed by atoms with Gasteiger partial charge < -0.3 is 9.47 Å². The molecule has 4 aromatic rings. The minimum absolute atomic E-state index is 0.0462. The van der Waals surface area contributed by atoms with Crippen LogP contribution in [0, 0.1) is 0 Å². The van der Waals surface area contributed by atoms with Crippen LogP contribution in [0.15, 0.2) is 115 Å². The number of rotatable bonds is 6. The molecule has 0 bridgehead atoms. The quantitative estimate of drug-likeness (QED) is 0.181. The van der Waals surface area contributed by atoms with E-state index in [0.29, 0.717) is 27.3 Å². The van der Waals surface area contributed by atoms with E-state index in [1.54, 1.807) is 103 Å². The largest absolute Gasteiger partial charge is 0.418 e. The average Bonchev–Trinajstić information content (AvgIpc) is 2.88. The Balaban J connectivity index is 1.87. The summed E-state index contributed by atoms with van der Waals surface area (Å²) in [5, 5.41) is 0.345. The maximum Gasteiger partial charge on any atom is 0.343 e. The van der Waals surface area contributed by atoms with E-state index in [1.807, 2.05) is 12.1 Å². The molecule has 0 aliphatic rings. The van der Waals surface area contributed by atoms with E-state index in [-0.39, 0.29) is 11.5 Å². The Labute approximate surface area is 196 Å². The average molecular weight is 455 g/mol. The molecule has 0 atom stereocenters. The summed E-state index contributed by atoms with van der Waals surface area (Å²) in [4.78, 5) is 26.0. The number of esters is 2. The summed E-state index contributed by atoms with van der Waals surface area (Å²) in [5.74, 6) is -1.06. The smallest absolute Gasteiger partial charge is 0.343 e. The van der Waals surface area contributed by atoms with Crippen LogP contribution >= 0.6 is 11.6 Å². The van der Waals surface area contributed by atoms with Gasteiger partial charge in [-0.05, 0) is 36.4 Å². The van der Waals surface area contributed by atoms with Crippen molar-refractivity contribution in [3.63, 3.8) is 0 Å². The van der Waals surface area contributed by atoms with Crippen molar-refractivity contribution < 1.29 is 19.1 Å². The Bertz CT molecular complexity index is 1280. The molecule has 162 valence electrons. The predicted molar refractivity (Wildman–Crippen MR) is 128 cm³/mol. The molecule has 0 fully saturated rings. The molecule has 0 aliphatic heterocycles. The number of hydrogen-bond acceptors (Lipinski definition) is 4. The van der Waals surface area contributed by atoms with Gasteiger partial charge in [-0.3, -0.25) is 0 Å². The molecule has 0 aromatic heterocycles. The fourth-order valence-electron chi connectivity index (χ4n) is 3.15. The summed E-state index contributed by atoms with van der Waals surface area (Å²) in [6, 6.07) is 33.0. The molecule has 0 saturated carbocycles. The van der Waals surface area contributed by atoms with E-state index in [0.717, 1.165) is 0 Å². The van der Waals surface area contributed by atoms with Crippen LogP contribution in [0.25, 0.3) is 11.5 Å². The van der Waals surface area contributed by atoms with Crippen LogP contribution in [0.2, 0.25) is 5.02 Å². The van der Waals surface area contributed by atoms with E-state index in [9.17, 15) is 9.59 Å². The van der Waals surface area contributed by atoms with Gasteiger partial charge in [-0.25, -0.2) is 9.59 Å². The number of carbonyl (C=O) groups excluding carboxylic acids is 2. The van der Waals surface area contributed by atoms with E-state index < -0.39 is 11.9 Å². The predicted octanol–water partition coefficient (Wildman–Crippen LogP) is 6.88. The van der Waals surface area contributed by atoms with Crippen molar-refractivity contribution in [3.8, 4) is 0 Å². The molecule has 4 rings (SSSR count). The molecule has 0 radical (unpaired) electrons. The van der Waals surface area contributed by atoms with Crippen LogP contribution < -0.4 is 0 Å². The second kappa shape index (κ2) is 10.4. The van der Waals surface area contributed by atoms with Crippen molar-refractivity contribution in [2.75, 3.05) is 0 Å². The highest BCUT2D eigenvalue weighted by atomic mass is 35.5. The molecule has 0 heterocycles. The Morgan fingerprint density at radius 1 is 0.485 bits per heavy atom.